The molecule has 2 aromatic rings. The molecule has 0 bridgehead atoms. The van der Waals surface area contributed by atoms with Gasteiger partial charge in [-0.2, -0.15) is 0 Å². The molecular weight excluding hydrogens is 349 g/mol. The summed E-state index contributed by atoms with van der Waals surface area (Å²) in [7, 11) is 0. The van der Waals surface area contributed by atoms with E-state index in [1.54, 1.807) is 18.2 Å². The molecular formula is C15H10BrF3O2. The minimum absolute atomic E-state index is 0.0191. The van der Waals surface area contributed by atoms with Gasteiger partial charge in [0.15, 0.2) is 29.0 Å². The summed E-state index contributed by atoms with van der Waals surface area (Å²) in [4.78, 5) is -0.622. The zero-order valence-corrected chi connectivity index (χ0v) is 12.3. The number of halogens is 4. The van der Waals surface area contributed by atoms with Crippen LogP contribution >= 0.6 is 15.9 Å². The smallest absolute Gasteiger partial charge is 0.194 e. The fourth-order valence-electron chi connectivity index (χ4n) is 2.13. The van der Waals surface area contributed by atoms with Crippen molar-refractivity contribution in [1.82, 2.24) is 0 Å². The Bertz CT molecular complexity index is 691. The molecule has 0 aromatic heterocycles. The van der Waals surface area contributed by atoms with Crippen molar-refractivity contribution in [2.24, 2.45) is 0 Å². The Morgan fingerprint density at radius 1 is 0.905 bits per heavy atom. The van der Waals surface area contributed by atoms with Gasteiger partial charge in [-0.15, -0.1) is 0 Å². The maximum absolute atomic E-state index is 13.8. The normalized spacial score (nSPS) is 14.9. The molecule has 1 aliphatic rings. The van der Waals surface area contributed by atoms with Gasteiger partial charge in [-0.25, -0.2) is 13.2 Å². The third-order valence-electron chi connectivity index (χ3n) is 3.20. The minimum Gasteiger partial charge on any atom is -0.486 e. The van der Waals surface area contributed by atoms with E-state index in [2.05, 4.69) is 15.9 Å². The van der Waals surface area contributed by atoms with E-state index in [0.717, 1.165) is 6.07 Å². The molecule has 110 valence electrons. The number of hydrogen-bond acceptors (Lipinski definition) is 2. The molecule has 1 unspecified atom stereocenters. The van der Waals surface area contributed by atoms with Gasteiger partial charge < -0.3 is 9.47 Å². The summed E-state index contributed by atoms with van der Waals surface area (Å²) in [6, 6.07) is 7.22. The van der Waals surface area contributed by atoms with Gasteiger partial charge in [0.1, 0.15) is 13.2 Å². The zero-order valence-electron chi connectivity index (χ0n) is 10.7. The fourth-order valence-corrected chi connectivity index (χ4v) is 2.77. The summed E-state index contributed by atoms with van der Waals surface area (Å²) < 4.78 is 51.0. The van der Waals surface area contributed by atoms with Gasteiger partial charge in [0.05, 0.1) is 4.83 Å². The maximum atomic E-state index is 13.8. The van der Waals surface area contributed by atoms with Crippen molar-refractivity contribution >= 4 is 15.9 Å². The highest BCUT2D eigenvalue weighted by atomic mass is 79.9. The predicted octanol–water partition coefficient (Wildman–Crippen LogP) is 4.36. The number of fused-ring (bicyclic) bond motifs is 1. The highest BCUT2D eigenvalue weighted by molar-refractivity contribution is 9.09. The molecule has 0 saturated heterocycles. The molecule has 0 saturated carbocycles. The molecule has 3 rings (SSSR count). The Morgan fingerprint density at radius 3 is 2.38 bits per heavy atom. The van der Waals surface area contributed by atoms with E-state index in [-0.39, 0.29) is 5.56 Å². The number of alkyl halides is 1. The monoisotopic (exact) mass is 358 g/mol. The van der Waals surface area contributed by atoms with E-state index >= 15 is 0 Å². The van der Waals surface area contributed by atoms with Crippen LogP contribution in [0.5, 0.6) is 11.5 Å². The van der Waals surface area contributed by atoms with Crippen LogP contribution in [0.3, 0.4) is 0 Å². The second-order valence-electron chi connectivity index (χ2n) is 4.53. The summed E-state index contributed by atoms with van der Waals surface area (Å²) in [5.41, 5.74) is 0.676. The van der Waals surface area contributed by atoms with Crippen molar-refractivity contribution in [3.05, 3.63) is 58.9 Å². The van der Waals surface area contributed by atoms with Crippen LogP contribution in [0.4, 0.5) is 13.2 Å². The van der Waals surface area contributed by atoms with Crippen LogP contribution in [0.2, 0.25) is 0 Å². The largest absolute Gasteiger partial charge is 0.486 e. The Hall–Kier alpha value is -1.69. The van der Waals surface area contributed by atoms with E-state index in [0.29, 0.717) is 30.3 Å². The van der Waals surface area contributed by atoms with Gasteiger partial charge >= 0.3 is 0 Å². The Kier molecular flexibility index (Phi) is 3.80. The summed E-state index contributed by atoms with van der Waals surface area (Å²) in [5, 5.41) is 0. The lowest BCUT2D eigenvalue weighted by Gasteiger charge is -2.20. The van der Waals surface area contributed by atoms with E-state index < -0.39 is 22.3 Å². The van der Waals surface area contributed by atoms with Crippen LogP contribution in [0.15, 0.2) is 30.3 Å². The van der Waals surface area contributed by atoms with Gasteiger partial charge in [0, 0.05) is 5.56 Å². The second kappa shape index (κ2) is 5.60. The fraction of sp³-hybridized carbons (Fsp3) is 0.200. The second-order valence-corrected chi connectivity index (χ2v) is 5.45. The highest BCUT2D eigenvalue weighted by Crippen LogP contribution is 2.39. The van der Waals surface area contributed by atoms with Gasteiger partial charge in [-0.1, -0.05) is 28.1 Å². The van der Waals surface area contributed by atoms with E-state index in [1.807, 2.05) is 0 Å². The maximum Gasteiger partial charge on any atom is 0.194 e. The van der Waals surface area contributed by atoms with E-state index in [1.165, 1.54) is 6.07 Å². The zero-order chi connectivity index (χ0) is 15.0. The van der Waals surface area contributed by atoms with E-state index in [4.69, 9.17) is 9.47 Å². The number of benzene rings is 2. The number of rotatable bonds is 2. The summed E-state index contributed by atoms with van der Waals surface area (Å²) in [6.45, 7) is 0.908. The first kappa shape index (κ1) is 14.3. The molecule has 0 aliphatic carbocycles. The van der Waals surface area contributed by atoms with Crippen molar-refractivity contribution in [3.8, 4) is 11.5 Å². The lowest BCUT2D eigenvalue weighted by atomic mass is 10.0. The predicted molar refractivity (Wildman–Crippen MR) is 74.5 cm³/mol. The van der Waals surface area contributed by atoms with Gasteiger partial charge in [-0.05, 0) is 23.8 Å². The number of ether oxygens (including phenoxy) is 2. The van der Waals surface area contributed by atoms with Gasteiger partial charge in [0.25, 0.3) is 0 Å². The average molecular weight is 359 g/mol. The third kappa shape index (κ3) is 2.60. The molecule has 1 aliphatic heterocycles. The molecule has 1 heterocycles. The summed E-state index contributed by atoms with van der Waals surface area (Å²) in [5.74, 6) is -2.74. The first-order valence-electron chi connectivity index (χ1n) is 6.25. The van der Waals surface area contributed by atoms with Gasteiger partial charge in [0.2, 0.25) is 0 Å². The van der Waals surface area contributed by atoms with Crippen LogP contribution in [-0.4, -0.2) is 13.2 Å². The molecule has 2 nitrogen and oxygen atoms in total. The first-order chi connectivity index (χ1) is 10.1. The van der Waals surface area contributed by atoms with Crippen LogP contribution in [0.25, 0.3) is 0 Å². The molecule has 2 aromatic carbocycles. The quantitative estimate of drug-likeness (QED) is 0.586. The summed E-state index contributed by atoms with van der Waals surface area (Å²) >= 11 is 3.31. The molecule has 6 heteroatoms. The standard InChI is InChI=1S/C15H10BrF3O2/c16-13(9-2-3-10(17)15(19)14(9)18)8-1-4-11-12(7-8)21-6-5-20-11/h1-4,7,13H,5-6H2. The van der Waals surface area contributed by atoms with E-state index in [9.17, 15) is 13.2 Å². The van der Waals surface area contributed by atoms with Crippen LogP contribution in [0.1, 0.15) is 16.0 Å². The molecule has 0 radical (unpaired) electrons. The third-order valence-corrected chi connectivity index (χ3v) is 4.22. The van der Waals surface area contributed by atoms with Crippen LogP contribution < -0.4 is 9.47 Å². The van der Waals surface area contributed by atoms with Crippen molar-refractivity contribution in [2.45, 2.75) is 4.83 Å². The Balaban J connectivity index is 1.99. The van der Waals surface area contributed by atoms with Crippen molar-refractivity contribution in [1.29, 1.82) is 0 Å². The molecule has 0 fully saturated rings. The molecule has 0 amide bonds. The molecule has 21 heavy (non-hydrogen) atoms. The van der Waals surface area contributed by atoms with Crippen LogP contribution in [-0.2, 0) is 0 Å². The topological polar surface area (TPSA) is 18.5 Å². The molecule has 0 N–H and O–H groups in total. The van der Waals surface area contributed by atoms with Crippen LogP contribution in [0, 0.1) is 17.5 Å². The van der Waals surface area contributed by atoms with Crippen molar-refractivity contribution in [2.75, 3.05) is 13.2 Å². The SMILES string of the molecule is Fc1ccc(C(Br)c2ccc3c(c2)OCCO3)c(F)c1F. The average Bonchev–Trinajstić information content (AvgIpc) is 2.52. The number of hydrogen-bond donors (Lipinski definition) is 0. The highest BCUT2D eigenvalue weighted by Gasteiger charge is 2.22. The molecule has 1 atom stereocenters. The van der Waals surface area contributed by atoms with Crippen molar-refractivity contribution < 1.29 is 22.6 Å². The lowest BCUT2D eigenvalue weighted by molar-refractivity contribution is 0.171. The Labute approximate surface area is 127 Å². The minimum atomic E-state index is -1.48. The van der Waals surface area contributed by atoms with Crippen molar-refractivity contribution in [3.63, 3.8) is 0 Å². The summed E-state index contributed by atoms with van der Waals surface area (Å²) in [6.07, 6.45) is 0. The first-order valence-corrected chi connectivity index (χ1v) is 7.16. The lowest BCUT2D eigenvalue weighted by Crippen LogP contribution is -2.15. The molecule has 0 spiro atoms. The Morgan fingerprint density at radius 2 is 1.62 bits per heavy atom. The van der Waals surface area contributed by atoms with Gasteiger partial charge in [-0.3, -0.25) is 0 Å².